The SMILES string of the molecule is Cc1sc(C(=O)O)cc1S(=O)(=O)N(C)C1CCCN(C)C1. The number of carboxylic acid groups (broad SMARTS) is 1. The number of aryl methyl sites for hydroxylation is 1. The van der Waals surface area contributed by atoms with Gasteiger partial charge in [-0.25, -0.2) is 13.2 Å². The minimum absolute atomic E-state index is 0.0558. The first-order valence-electron chi connectivity index (χ1n) is 6.73. The van der Waals surface area contributed by atoms with Gasteiger partial charge in [0, 0.05) is 24.5 Å². The lowest BCUT2D eigenvalue weighted by Gasteiger charge is -2.35. The molecule has 1 saturated heterocycles. The van der Waals surface area contributed by atoms with Crippen molar-refractivity contribution in [1.29, 1.82) is 0 Å². The molecule has 0 radical (unpaired) electrons. The van der Waals surface area contributed by atoms with E-state index in [0.717, 1.165) is 30.7 Å². The first kappa shape index (κ1) is 16.4. The van der Waals surface area contributed by atoms with Crippen LogP contribution >= 0.6 is 11.3 Å². The molecule has 0 aromatic carbocycles. The summed E-state index contributed by atoms with van der Waals surface area (Å²) in [5.41, 5.74) is 0. The lowest BCUT2D eigenvalue weighted by atomic mass is 10.1. The molecule has 0 aliphatic carbocycles. The maximum atomic E-state index is 12.7. The molecule has 6 nitrogen and oxygen atoms in total. The van der Waals surface area contributed by atoms with Gasteiger partial charge in [-0.3, -0.25) is 0 Å². The smallest absolute Gasteiger partial charge is 0.345 e. The second kappa shape index (κ2) is 6.04. The number of carboxylic acids is 1. The van der Waals surface area contributed by atoms with Gasteiger partial charge in [0.25, 0.3) is 0 Å². The summed E-state index contributed by atoms with van der Waals surface area (Å²) in [6.45, 7) is 3.32. The summed E-state index contributed by atoms with van der Waals surface area (Å²) in [6, 6.07) is 1.20. The van der Waals surface area contributed by atoms with Gasteiger partial charge in [0.15, 0.2) is 0 Å². The van der Waals surface area contributed by atoms with Crippen LogP contribution in [0.4, 0.5) is 0 Å². The highest BCUT2D eigenvalue weighted by molar-refractivity contribution is 7.89. The van der Waals surface area contributed by atoms with Crippen LogP contribution in [0, 0.1) is 6.92 Å². The first-order chi connectivity index (χ1) is 9.73. The second-order valence-electron chi connectivity index (χ2n) is 5.42. The zero-order chi connectivity index (χ0) is 15.8. The third-order valence-corrected chi connectivity index (χ3v) is 7.06. The maximum absolute atomic E-state index is 12.7. The molecule has 1 aromatic heterocycles. The molecule has 1 unspecified atom stereocenters. The highest BCUT2D eigenvalue weighted by Gasteiger charge is 2.32. The van der Waals surface area contributed by atoms with Gasteiger partial charge in [-0.05, 0) is 39.4 Å². The fraction of sp³-hybridized carbons (Fsp3) is 0.615. The Balaban J connectivity index is 2.30. The standard InChI is InChI=1S/C13H20N2O4S2/c1-9-12(7-11(20-9)13(16)17)21(18,19)15(3)10-5-4-6-14(2)8-10/h7,10H,4-6,8H2,1-3H3,(H,16,17). The van der Waals surface area contributed by atoms with Gasteiger partial charge < -0.3 is 10.0 Å². The number of nitrogens with zero attached hydrogens (tertiary/aromatic N) is 2. The molecule has 1 fully saturated rings. The van der Waals surface area contributed by atoms with Crippen LogP contribution in [0.3, 0.4) is 0 Å². The molecule has 0 spiro atoms. The van der Waals surface area contributed by atoms with E-state index in [1.807, 2.05) is 7.05 Å². The number of likely N-dealkylation sites (N-methyl/N-ethyl adjacent to an activating group) is 2. The van der Waals surface area contributed by atoms with Crippen LogP contribution in [-0.2, 0) is 10.0 Å². The molecule has 2 rings (SSSR count). The van der Waals surface area contributed by atoms with Crippen molar-refractivity contribution in [2.45, 2.75) is 30.7 Å². The largest absolute Gasteiger partial charge is 0.477 e. The number of piperidine rings is 1. The Labute approximate surface area is 129 Å². The number of rotatable bonds is 4. The molecule has 118 valence electrons. The number of aromatic carboxylic acids is 1. The summed E-state index contributed by atoms with van der Waals surface area (Å²) in [7, 11) is -0.0944. The van der Waals surface area contributed by atoms with E-state index in [9.17, 15) is 13.2 Å². The molecule has 2 heterocycles. The van der Waals surface area contributed by atoms with E-state index in [-0.39, 0.29) is 15.8 Å². The van der Waals surface area contributed by atoms with Crippen molar-refractivity contribution in [2.75, 3.05) is 27.2 Å². The Morgan fingerprint density at radius 3 is 2.71 bits per heavy atom. The lowest BCUT2D eigenvalue weighted by Crippen LogP contribution is -2.47. The summed E-state index contributed by atoms with van der Waals surface area (Å²) < 4.78 is 26.8. The first-order valence-corrected chi connectivity index (χ1v) is 8.99. The minimum atomic E-state index is -3.65. The molecule has 0 bridgehead atoms. The van der Waals surface area contributed by atoms with Gasteiger partial charge in [-0.2, -0.15) is 4.31 Å². The number of hydrogen-bond acceptors (Lipinski definition) is 5. The van der Waals surface area contributed by atoms with Crippen LogP contribution in [0.5, 0.6) is 0 Å². The van der Waals surface area contributed by atoms with Crippen molar-refractivity contribution in [3.05, 3.63) is 15.8 Å². The Hall–Kier alpha value is -0.960. The van der Waals surface area contributed by atoms with Crippen molar-refractivity contribution in [1.82, 2.24) is 9.21 Å². The van der Waals surface area contributed by atoms with Gasteiger partial charge in [0.2, 0.25) is 10.0 Å². The van der Waals surface area contributed by atoms with E-state index in [1.165, 1.54) is 10.4 Å². The predicted molar refractivity (Wildman–Crippen MR) is 81.5 cm³/mol. The minimum Gasteiger partial charge on any atom is -0.477 e. The molecule has 8 heteroatoms. The van der Waals surface area contributed by atoms with Gasteiger partial charge >= 0.3 is 5.97 Å². The van der Waals surface area contributed by atoms with Gasteiger partial charge in [-0.15, -0.1) is 11.3 Å². The fourth-order valence-electron chi connectivity index (χ4n) is 2.61. The normalized spacial score (nSPS) is 20.9. The zero-order valence-electron chi connectivity index (χ0n) is 12.4. The Morgan fingerprint density at radius 1 is 1.52 bits per heavy atom. The van der Waals surface area contributed by atoms with E-state index >= 15 is 0 Å². The molecule has 0 saturated carbocycles. The summed E-state index contributed by atoms with van der Waals surface area (Å²) in [6.07, 6.45) is 1.79. The van der Waals surface area contributed by atoms with Gasteiger partial charge in [0.05, 0.1) is 4.90 Å². The summed E-state index contributed by atoms with van der Waals surface area (Å²) in [4.78, 5) is 13.8. The Bertz CT molecular complexity index is 639. The molecular formula is C13H20N2O4S2. The number of carbonyl (C=O) groups is 1. The monoisotopic (exact) mass is 332 g/mol. The quantitative estimate of drug-likeness (QED) is 0.903. The molecule has 1 aliphatic rings. The van der Waals surface area contributed by atoms with Crippen molar-refractivity contribution in [3.8, 4) is 0 Å². The highest BCUT2D eigenvalue weighted by Crippen LogP contribution is 2.29. The number of hydrogen-bond donors (Lipinski definition) is 1. The average molecular weight is 332 g/mol. The van der Waals surface area contributed by atoms with Crippen LogP contribution in [-0.4, -0.2) is 61.9 Å². The molecule has 0 amide bonds. The lowest BCUT2D eigenvalue weighted by molar-refractivity contribution is 0.0702. The van der Waals surface area contributed by atoms with E-state index in [0.29, 0.717) is 11.4 Å². The van der Waals surface area contributed by atoms with Crippen LogP contribution in [0.25, 0.3) is 0 Å². The van der Waals surface area contributed by atoms with E-state index in [2.05, 4.69) is 4.90 Å². The molecule has 1 aliphatic heterocycles. The van der Waals surface area contributed by atoms with Crippen molar-refractivity contribution >= 4 is 27.3 Å². The topological polar surface area (TPSA) is 77.9 Å². The fourth-order valence-corrected chi connectivity index (χ4v) is 5.39. The molecule has 1 N–H and O–H groups in total. The van der Waals surface area contributed by atoms with Crippen molar-refractivity contribution in [2.24, 2.45) is 0 Å². The van der Waals surface area contributed by atoms with E-state index < -0.39 is 16.0 Å². The van der Waals surface area contributed by atoms with Gasteiger partial charge in [-0.1, -0.05) is 0 Å². The average Bonchev–Trinajstić information content (AvgIpc) is 2.81. The summed E-state index contributed by atoms with van der Waals surface area (Å²) >= 11 is 0.998. The summed E-state index contributed by atoms with van der Waals surface area (Å²) in [5, 5.41) is 9.01. The number of thiophene rings is 1. The Morgan fingerprint density at radius 2 is 2.19 bits per heavy atom. The predicted octanol–water partition coefficient (Wildman–Crippen LogP) is 1.47. The van der Waals surface area contributed by atoms with Crippen LogP contribution in [0.15, 0.2) is 11.0 Å². The van der Waals surface area contributed by atoms with Crippen LogP contribution in [0.2, 0.25) is 0 Å². The van der Waals surface area contributed by atoms with E-state index in [4.69, 9.17) is 5.11 Å². The third kappa shape index (κ3) is 3.28. The van der Waals surface area contributed by atoms with Crippen molar-refractivity contribution in [3.63, 3.8) is 0 Å². The maximum Gasteiger partial charge on any atom is 0.345 e. The number of sulfonamides is 1. The van der Waals surface area contributed by atoms with Crippen LogP contribution in [0.1, 0.15) is 27.4 Å². The molecule has 21 heavy (non-hydrogen) atoms. The molecule has 1 atom stereocenters. The molecular weight excluding hydrogens is 312 g/mol. The van der Waals surface area contributed by atoms with Crippen molar-refractivity contribution < 1.29 is 18.3 Å². The third-order valence-electron chi connectivity index (χ3n) is 3.85. The van der Waals surface area contributed by atoms with Gasteiger partial charge in [0.1, 0.15) is 4.88 Å². The summed E-state index contributed by atoms with van der Waals surface area (Å²) in [5.74, 6) is -1.09. The number of likely N-dealkylation sites (tertiary alicyclic amines) is 1. The Kier molecular flexibility index (Phi) is 4.72. The molecule has 1 aromatic rings. The van der Waals surface area contributed by atoms with E-state index in [1.54, 1.807) is 14.0 Å². The van der Waals surface area contributed by atoms with Crippen LogP contribution < -0.4 is 0 Å². The second-order valence-corrected chi connectivity index (χ2v) is 8.64. The zero-order valence-corrected chi connectivity index (χ0v) is 14.0. The highest BCUT2D eigenvalue weighted by atomic mass is 32.2.